The first-order valence-electron chi connectivity index (χ1n) is 11.6. The van der Waals surface area contributed by atoms with Crippen molar-refractivity contribution in [3.05, 3.63) is 88.3 Å². The van der Waals surface area contributed by atoms with Crippen LogP contribution < -0.4 is 20.5 Å². The number of ketones is 1. The predicted molar refractivity (Wildman–Crippen MR) is 147 cm³/mol. The van der Waals surface area contributed by atoms with Gasteiger partial charge in [-0.25, -0.2) is 8.42 Å². The van der Waals surface area contributed by atoms with E-state index in [0.29, 0.717) is 34.9 Å². The standard InChI is InChI=1S/C28H28N2O5S2/c1-5-35-20-13-11-19(12-14-20)25(31)26-24(29)27(37(32,33)23-15-10-17(2)16-18(23)3)28(36-26)30-21-8-6-7-9-22(21)34-4/h6-16,30H,5,29H2,1-4H3. The van der Waals surface area contributed by atoms with Gasteiger partial charge in [0.05, 0.1) is 30.0 Å². The van der Waals surface area contributed by atoms with Crippen LogP contribution in [0.5, 0.6) is 11.5 Å². The first-order chi connectivity index (χ1) is 17.7. The van der Waals surface area contributed by atoms with Gasteiger partial charge in [0.25, 0.3) is 0 Å². The molecule has 7 nitrogen and oxygen atoms in total. The van der Waals surface area contributed by atoms with Gasteiger partial charge in [-0.15, -0.1) is 11.3 Å². The molecule has 0 fully saturated rings. The second kappa shape index (κ2) is 10.7. The number of aryl methyl sites for hydroxylation is 2. The van der Waals surface area contributed by atoms with Crippen LogP contribution in [-0.4, -0.2) is 27.9 Å². The van der Waals surface area contributed by atoms with E-state index >= 15 is 0 Å². The van der Waals surface area contributed by atoms with Gasteiger partial charge in [-0.05, 0) is 68.8 Å². The number of para-hydroxylation sites is 2. The number of nitrogens with one attached hydrogen (secondary N) is 1. The molecule has 4 aromatic rings. The van der Waals surface area contributed by atoms with Gasteiger partial charge in [-0.3, -0.25) is 4.79 Å². The summed E-state index contributed by atoms with van der Waals surface area (Å²) in [5, 5.41) is 3.39. The maximum atomic E-state index is 14.0. The van der Waals surface area contributed by atoms with Gasteiger partial charge in [-0.1, -0.05) is 29.8 Å². The molecule has 0 radical (unpaired) electrons. The third kappa shape index (κ3) is 5.19. The molecule has 3 N–H and O–H groups in total. The van der Waals surface area contributed by atoms with E-state index < -0.39 is 9.84 Å². The number of sulfone groups is 1. The lowest BCUT2D eigenvalue weighted by Crippen LogP contribution is -2.10. The van der Waals surface area contributed by atoms with E-state index in [1.807, 2.05) is 13.8 Å². The van der Waals surface area contributed by atoms with Crippen molar-refractivity contribution in [3.8, 4) is 11.5 Å². The van der Waals surface area contributed by atoms with Crippen molar-refractivity contribution in [3.63, 3.8) is 0 Å². The van der Waals surface area contributed by atoms with E-state index in [0.717, 1.165) is 16.9 Å². The highest BCUT2D eigenvalue weighted by atomic mass is 32.2. The van der Waals surface area contributed by atoms with Gasteiger partial charge >= 0.3 is 0 Å². The number of anilines is 3. The normalized spacial score (nSPS) is 11.2. The Bertz CT molecular complexity index is 1560. The minimum atomic E-state index is -4.09. The summed E-state index contributed by atoms with van der Waals surface area (Å²) in [6.45, 7) is 6.01. The van der Waals surface area contributed by atoms with Crippen LogP contribution in [-0.2, 0) is 9.84 Å². The smallest absolute Gasteiger partial charge is 0.211 e. The summed E-state index contributed by atoms with van der Waals surface area (Å²) in [4.78, 5) is 13.6. The van der Waals surface area contributed by atoms with Crippen LogP contribution in [0.4, 0.5) is 16.4 Å². The highest BCUT2D eigenvalue weighted by Gasteiger charge is 2.33. The van der Waals surface area contributed by atoms with E-state index in [-0.39, 0.29) is 31.1 Å². The van der Waals surface area contributed by atoms with Crippen molar-refractivity contribution in [2.24, 2.45) is 0 Å². The second-order valence-corrected chi connectivity index (χ2v) is 11.3. The molecule has 0 spiro atoms. The van der Waals surface area contributed by atoms with E-state index in [1.54, 1.807) is 73.7 Å². The Morgan fingerprint density at radius 1 is 1.03 bits per heavy atom. The third-order valence-electron chi connectivity index (χ3n) is 5.78. The fourth-order valence-electron chi connectivity index (χ4n) is 4.03. The van der Waals surface area contributed by atoms with Crippen LogP contribution in [0, 0.1) is 13.8 Å². The molecule has 9 heteroatoms. The molecule has 37 heavy (non-hydrogen) atoms. The largest absolute Gasteiger partial charge is 0.495 e. The number of hydrogen-bond acceptors (Lipinski definition) is 8. The zero-order valence-electron chi connectivity index (χ0n) is 21.0. The minimum Gasteiger partial charge on any atom is -0.495 e. The maximum absolute atomic E-state index is 14.0. The average Bonchev–Trinajstić information content (AvgIpc) is 3.20. The Hall–Kier alpha value is -3.82. The first kappa shape index (κ1) is 26.2. The summed E-state index contributed by atoms with van der Waals surface area (Å²) in [5.74, 6) is 0.772. The third-order valence-corrected chi connectivity index (χ3v) is 9.02. The van der Waals surface area contributed by atoms with Crippen molar-refractivity contribution < 1.29 is 22.7 Å². The highest BCUT2D eigenvalue weighted by molar-refractivity contribution is 7.92. The van der Waals surface area contributed by atoms with Gasteiger partial charge in [0.1, 0.15) is 26.3 Å². The van der Waals surface area contributed by atoms with Crippen LogP contribution in [0.3, 0.4) is 0 Å². The van der Waals surface area contributed by atoms with Crippen molar-refractivity contribution in [2.75, 3.05) is 24.8 Å². The quantitative estimate of drug-likeness (QED) is 0.247. The molecule has 0 unspecified atom stereocenters. The molecule has 1 heterocycles. The summed E-state index contributed by atoms with van der Waals surface area (Å²) < 4.78 is 38.8. The zero-order chi connectivity index (χ0) is 26.7. The fraction of sp³-hybridized carbons (Fsp3) is 0.179. The average molecular weight is 537 g/mol. The first-order valence-corrected chi connectivity index (χ1v) is 13.9. The Kier molecular flexibility index (Phi) is 7.56. The fourth-order valence-corrected chi connectivity index (χ4v) is 7.17. The minimum absolute atomic E-state index is 0.0961. The number of ether oxygens (including phenoxy) is 2. The molecule has 0 saturated carbocycles. The van der Waals surface area contributed by atoms with Crippen LogP contribution in [0.2, 0.25) is 0 Å². The monoisotopic (exact) mass is 536 g/mol. The van der Waals surface area contributed by atoms with Crippen LogP contribution >= 0.6 is 11.3 Å². The van der Waals surface area contributed by atoms with Gasteiger partial charge < -0.3 is 20.5 Å². The van der Waals surface area contributed by atoms with Crippen molar-refractivity contribution in [1.82, 2.24) is 0 Å². The Balaban J connectivity index is 1.88. The predicted octanol–water partition coefficient (Wildman–Crippen LogP) is 6.16. The van der Waals surface area contributed by atoms with Gasteiger partial charge in [0, 0.05) is 5.56 Å². The number of nitrogen functional groups attached to an aromatic ring is 1. The molecule has 0 amide bonds. The summed E-state index contributed by atoms with van der Waals surface area (Å²) in [6, 6.07) is 18.9. The second-order valence-electron chi connectivity index (χ2n) is 8.39. The maximum Gasteiger partial charge on any atom is 0.211 e. The number of nitrogens with two attached hydrogens (primary N) is 1. The van der Waals surface area contributed by atoms with Crippen molar-refractivity contribution >= 4 is 43.3 Å². The Labute approximate surface area is 220 Å². The molecule has 192 valence electrons. The molecule has 0 atom stereocenters. The van der Waals surface area contributed by atoms with E-state index in [1.165, 1.54) is 7.11 Å². The zero-order valence-corrected chi connectivity index (χ0v) is 22.6. The highest BCUT2D eigenvalue weighted by Crippen LogP contribution is 2.45. The molecule has 0 aliphatic carbocycles. The number of benzene rings is 3. The lowest BCUT2D eigenvalue weighted by molar-refractivity contribution is 0.104. The molecule has 1 aromatic heterocycles. The van der Waals surface area contributed by atoms with Crippen LogP contribution in [0.1, 0.15) is 33.3 Å². The van der Waals surface area contributed by atoms with Gasteiger partial charge in [0.2, 0.25) is 15.6 Å². The molecule has 0 bridgehead atoms. The number of rotatable bonds is 9. The van der Waals surface area contributed by atoms with Crippen LogP contribution in [0.25, 0.3) is 0 Å². The van der Waals surface area contributed by atoms with Crippen molar-refractivity contribution in [1.29, 1.82) is 0 Å². The summed E-state index contributed by atoms with van der Waals surface area (Å²) in [5.41, 5.74) is 8.81. The van der Waals surface area contributed by atoms with Gasteiger partial charge in [0.15, 0.2) is 0 Å². The summed E-state index contributed by atoms with van der Waals surface area (Å²) in [6.07, 6.45) is 0. The molecule has 0 aliphatic heterocycles. The molecular formula is C28H28N2O5S2. The summed E-state index contributed by atoms with van der Waals surface area (Å²) >= 11 is 0.996. The Morgan fingerprint density at radius 3 is 2.38 bits per heavy atom. The van der Waals surface area contributed by atoms with E-state index in [9.17, 15) is 13.2 Å². The number of hydrogen-bond donors (Lipinski definition) is 2. The number of thiophene rings is 1. The molecule has 0 saturated heterocycles. The Morgan fingerprint density at radius 2 is 1.73 bits per heavy atom. The molecular weight excluding hydrogens is 508 g/mol. The molecule has 0 aliphatic rings. The summed E-state index contributed by atoms with van der Waals surface area (Å²) in [7, 11) is -2.56. The van der Waals surface area contributed by atoms with Crippen molar-refractivity contribution in [2.45, 2.75) is 30.6 Å². The van der Waals surface area contributed by atoms with Gasteiger partial charge in [-0.2, -0.15) is 0 Å². The lowest BCUT2D eigenvalue weighted by Gasteiger charge is -2.13. The number of carbonyl (C=O) groups excluding carboxylic acids is 1. The molecule has 3 aromatic carbocycles. The number of carbonyl (C=O) groups is 1. The van der Waals surface area contributed by atoms with E-state index in [2.05, 4.69) is 5.32 Å². The number of methoxy groups -OCH3 is 1. The SMILES string of the molecule is CCOc1ccc(C(=O)c2sc(Nc3ccccc3OC)c(S(=O)(=O)c3ccc(C)cc3C)c2N)cc1. The van der Waals surface area contributed by atoms with E-state index in [4.69, 9.17) is 15.2 Å². The lowest BCUT2D eigenvalue weighted by atomic mass is 10.1. The topological polar surface area (TPSA) is 108 Å². The van der Waals surface area contributed by atoms with Crippen LogP contribution in [0.15, 0.2) is 76.5 Å². The molecule has 4 rings (SSSR count).